The molecule has 1 aliphatic heterocycles. The van der Waals surface area contributed by atoms with E-state index in [1.165, 1.54) is 44.9 Å². The number of thiocarbonyl (C=S) groups is 1. The number of carbonyl (C=O) groups excluding carboxylic acids is 3. The Morgan fingerprint density at radius 2 is 1.76 bits per heavy atom. The normalized spacial score (nSPS) is 15.7. The summed E-state index contributed by atoms with van der Waals surface area (Å²) in [7, 11) is 1.29. The molecule has 0 radical (unpaired) electrons. The topological polar surface area (TPSA) is 112 Å². The van der Waals surface area contributed by atoms with Gasteiger partial charge in [-0.25, -0.2) is 14.0 Å². The number of benzene rings is 2. The van der Waals surface area contributed by atoms with Crippen LogP contribution in [-0.2, 0) is 20.4 Å². The highest BCUT2D eigenvalue weighted by Gasteiger charge is 2.51. The molecule has 1 aliphatic rings. The number of rotatable bonds is 5. The molecule has 38 heavy (non-hydrogen) atoms. The minimum absolute atomic E-state index is 0.0317. The summed E-state index contributed by atoms with van der Waals surface area (Å²) in [6.07, 6.45) is -7.06. The lowest BCUT2D eigenvalue weighted by Crippen LogP contribution is -2.44. The smallest absolute Gasteiger partial charge is 0.417 e. The van der Waals surface area contributed by atoms with E-state index in [4.69, 9.17) is 27.0 Å². The quantitative estimate of drug-likeness (QED) is 0.250. The highest BCUT2D eigenvalue weighted by molar-refractivity contribution is 7.81. The van der Waals surface area contributed by atoms with Crippen molar-refractivity contribution in [3.05, 3.63) is 58.9 Å². The Labute approximate surface area is 219 Å². The van der Waals surface area contributed by atoms with Crippen molar-refractivity contribution in [1.29, 1.82) is 5.26 Å². The van der Waals surface area contributed by atoms with E-state index in [1.807, 2.05) is 0 Å². The molecule has 9 nitrogen and oxygen atoms in total. The molecule has 1 heterocycles. The third-order valence-corrected chi connectivity index (χ3v) is 5.90. The van der Waals surface area contributed by atoms with Crippen LogP contribution in [0.5, 0.6) is 0 Å². The summed E-state index contributed by atoms with van der Waals surface area (Å²) in [5, 5.41) is 11.0. The van der Waals surface area contributed by atoms with Crippen molar-refractivity contribution in [1.82, 2.24) is 5.32 Å². The number of esters is 1. The number of amides is 2. The second-order valence-electron chi connectivity index (χ2n) is 8.45. The zero-order valence-electron chi connectivity index (χ0n) is 20.3. The van der Waals surface area contributed by atoms with Crippen LogP contribution in [0, 0.1) is 17.1 Å². The number of hydrogen-bond donors (Lipinski definition) is 1. The van der Waals surface area contributed by atoms with E-state index in [0.29, 0.717) is 6.07 Å². The average Bonchev–Trinajstić information content (AvgIpc) is 3.00. The Hall–Kier alpha value is -4.25. The van der Waals surface area contributed by atoms with Gasteiger partial charge < -0.3 is 19.7 Å². The first-order valence-electron chi connectivity index (χ1n) is 10.8. The van der Waals surface area contributed by atoms with Crippen molar-refractivity contribution in [2.75, 3.05) is 16.8 Å². The van der Waals surface area contributed by atoms with Gasteiger partial charge in [-0.05, 0) is 62.5 Å². The van der Waals surface area contributed by atoms with Gasteiger partial charge in [0.05, 0.1) is 28.4 Å². The van der Waals surface area contributed by atoms with Gasteiger partial charge in [-0.15, -0.1) is 0 Å². The van der Waals surface area contributed by atoms with E-state index in [0.717, 1.165) is 29.2 Å². The minimum atomic E-state index is -4.86. The summed E-state index contributed by atoms with van der Waals surface area (Å²) < 4.78 is 65.0. The maximum absolute atomic E-state index is 15.0. The highest BCUT2D eigenvalue weighted by Crippen LogP contribution is 2.40. The maximum Gasteiger partial charge on any atom is 0.417 e. The van der Waals surface area contributed by atoms with Crippen LogP contribution in [0.2, 0.25) is 0 Å². The summed E-state index contributed by atoms with van der Waals surface area (Å²) in [5.41, 5.74) is -4.04. The fourth-order valence-electron chi connectivity index (χ4n) is 3.72. The van der Waals surface area contributed by atoms with Crippen LogP contribution in [0.25, 0.3) is 0 Å². The molecule has 200 valence electrons. The van der Waals surface area contributed by atoms with Crippen LogP contribution < -0.4 is 15.1 Å². The molecule has 0 aliphatic carbocycles. The summed E-state index contributed by atoms with van der Waals surface area (Å²) in [6.45, 7) is 4.12. The molecular weight excluding hydrogens is 532 g/mol. The monoisotopic (exact) mass is 552 g/mol. The second-order valence-corrected chi connectivity index (χ2v) is 8.81. The van der Waals surface area contributed by atoms with Gasteiger partial charge in [-0.3, -0.25) is 9.69 Å². The van der Waals surface area contributed by atoms with Gasteiger partial charge in [0.1, 0.15) is 11.4 Å². The predicted molar refractivity (Wildman–Crippen MR) is 130 cm³/mol. The third-order valence-electron chi connectivity index (χ3n) is 5.54. The Morgan fingerprint density at radius 1 is 1.13 bits per heavy atom. The summed E-state index contributed by atoms with van der Waals surface area (Å²) in [6, 6.07) is 7.43. The maximum atomic E-state index is 15.0. The molecule has 2 amide bonds. The van der Waals surface area contributed by atoms with E-state index in [1.54, 1.807) is 0 Å². The molecule has 1 N–H and O–H groups in total. The highest BCUT2D eigenvalue weighted by atomic mass is 32.1. The number of halogens is 4. The third kappa shape index (κ3) is 5.23. The lowest BCUT2D eigenvalue weighted by molar-refractivity contribution is -0.137. The zero-order valence-corrected chi connectivity index (χ0v) is 21.2. The van der Waals surface area contributed by atoms with Gasteiger partial charge in [0.25, 0.3) is 5.91 Å². The molecule has 2 aromatic rings. The SMILES string of the molecule is CNC(=O)OC(C)OC(=O)c1ccc(N2C(=S)N(c3ccc(C#N)c(C(F)(F)F)c3)C(=O)C2(C)C)cc1F. The van der Waals surface area contributed by atoms with Crippen molar-refractivity contribution >= 4 is 46.7 Å². The van der Waals surface area contributed by atoms with E-state index in [2.05, 4.69) is 5.32 Å². The largest absolute Gasteiger partial charge is 0.422 e. The average molecular weight is 553 g/mol. The first-order chi connectivity index (χ1) is 17.6. The van der Waals surface area contributed by atoms with Crippen molar-refractivity contribution in [3.8, 4) is 6.07 Å². The Kier molecular flexibility index (Phi) is 7.64. The predicted octanol–water partition coefficient (Wildman–Crippen LogP) is 4.49. The molecule has 1 fully saturated rings. The van der Waals surface area contributed by atoms with Crippen LogP contribution in [0.3, 0.4) is 0 Å². The Balaban J connectivity index is 1.95. The lowest BCUT2D eigenvalue weighted by Gasteiger charge is -2.29. The fraction of sp³-hybridized carbons (Fsp3) is 0.292. The second kappa shape index (κ2) is 10.3. The number of carbonyl (C=O) groups is 3. The van der Waals surface area contributed by atoms with Crippen LogP contribution in [-0.4, -0.2) is 42.0 Å². The number of hydrogen-bond acceptors (Lipinski definition) is 7. The number of ether oxygens (including phenoxy) is 2. The number of alkyl halides is 3. The van der Waals surface area contributed by atoms with Crippen LogP contribution in [0.15, 0.2) is 36.4 Å². The van der Waals surface area contributed by atoms with Crippen LogP contribution >= 0.6 is 12.2 Å². The first-order valence-corrected chi connectivity index (χ1v) is 11.2. The van der Waals surface area contributed by atoms with Crippen molar-refractivity contribution in [3.63, 3.8) is 0 Å². The van der Waals surface area contributed by atoms with Gasteiger partial charge in [-0.2, -0.15) is 18.4 Å². The molecular formula is C24H20F4N4O5S. The minimum Gasteiger partial charge on any atom is -0.422 e. The van der Waals surface area contributed by atoms with E-state index in [9.17, 15) is 31.9 Å². The van der Waals surface area contributed by atoms with E-state index >= 15 is 0 Å². The number of nitrogens with one attached hydrogen (secondary N) is 1. The fourth-order valence-corrected chi connectivity index (χ4v) is 4.24. The van der Waals surface area contributed by atoms with Crippen molar-refractivity contribution in [2.24, 2.45) is 0 Å². The van der Waals surface area contributed by atoms with Gasteiger partial charge in [0.2, 0.25) is 6.29 Å². The van der Waals surface area contributed by atoms with E-state index in [-0.39, 0.29) is 16.5 Å². The zero-order chi connectivity index (χ0) is 28.6. The van der Waals surface area contributed by atoms with Crippen molar-refractivity contribution in [2.45, 2.75) is 38.8 Å². The van der Waals surface area contributed by atoms with Gasteiger partial charge >= 0.3 is 18.2 Å². The summed E-state index contributed by atoms with van der Waals surface area (Å²) >= 11 is 5.40. The Bertz CT molecular complexity index is 1370. The molecule has 2 aromatic carbocycles. The van der Waals surface area contributed by atoms with E-state index < -0.39 is 58.5 Å². The van der Waals surface area contributed by atoms with Crippen LogP contribution in [0.1, 0.15) is 42.3 Å². The summed E-state index contributed by atoms with van der Waals surface area (Å²) in [5.74, 6) is -2.89. The lowest BCUT2D eigenvalue weighted by atomic mass is 10.0. The number of alkyl carbamates (subject to hydrolysis) is 1. The molecule has 0 saturated carbocycles. The molecule has 0 bridgehead atoms. The summed E-state index contributed by atoms with van der Waals surface area (Å²) in [4.78, 5) is 38.9. The van der Waals surface area contributed by atoms with Gasteiger partial charge in [0, 0.05) is 19.7 Å². The number of anilines is 2. The number of nitrogens with zero attached hydrogens (tertiary/aromatic N) is 3. The molecule has 1 atom stereocenters. The molecule has 3 rings (SSSR count). The molecule has 1 saturated heterocycles. The van der Waals surface area contributed by atoms with Crippen molar-refractivity contribution < 1.29 is 41.4 Å². The molecule has 0 spiro atoms. The first kappa shape index (κ1) is 28.3. The molecule has 1 unspecified atom stereocenters. The molecule has 0 aromatic heterocycles. The van der Waals surface area contributed by atoms with Gasteiger partial charge in [-0.1, -0.05) is 0 Å². The standard InChI is InChI=1S/C24H20F4N4O5S/c1-12(37-21(35)30-4)36-19(33)16-8-7-15(10-18(16)25)32-22(38)31(20(34)23(32,2)3)14-6-5-13(11-29)17(9-14)24(26,27)28/h5-10,12H,1-4H3,(H,30,35). The van der Waals surface area contributed by atoms with Gasteiger partial charge in [0.15, 0.2) is 5.11 Å². The number of nitriles is 1. The Morgan fingerprint density at radius 3 is 2.32 bits per heavy atom. The van der Waals surface area contributed by atoms with Crippen LogP contribution in [0.4, 0.5) is 33.7 Å². The molecule has 14 heteroatoms.